The lowest BCUT2D eigenvalue weighted by Crippen LogP contribution is -2.37. The summed E-state index contributed by atoms with van der Waals surface area (Å²) < 4.78 is 16.8. The second kappa shape index (κ2) is 7.38. The van der Waals surface area contributed by atoms with Crippen LogP contribution in [0.3, 0.4) is 0 Å². The van der Waals surface area contributed by atoms with E-state index in [1.54, 1.807) is 6.92 Å². The molecule has 0 atom stereocenters. The highest BCUT2D eigenvalue weighted by atomic mass is 16.5. The first-order chi connectivity index (χ1) is 12.1. The maximum Gasteiger partial charge on any atom is 0.360 e. The van der Waals surface area contributed by atoms with E-state index in [0.717, 1.165) is 0 Å². The molecule has 0 aromatic carbocycles. The van der Waals surface area contributed by atoms with Crippen molar-refractivity contribution in [2.45, 2.75) is 13.8 Å². The molecule has 0 amide bonds. The molecule has 0 radical (unpaired) electrons. The van der Waals surface area contributed by atoms with E-state index in [1.165, 1.54) is 11.8 Å². The van der Waals surface area contributed by atoms with Crippen molar-refractivity contribution in [2.75, 3.05) is 44.9 Å². The molecular weight excluding hydrogens is 330 g/mol. The van der Waals surface area contributed by atoms with Gasteiger partial charge in [0, 0.05) is 13.1 Å². The Labute approximate surface area is 143 Å². The highest BCUT2D eigenvalue weighted by Crippen LogP contribution is 2.17. The van der Waals surface area contributed by atoms with Gasteiger partial charge in [0.1, 0.15) is 0 Å². The van der Waals surface area contributed by atoms with Gasteiger partial charge in [-0.05, 0) is 13.8 Å². The van der Waals surface area contributed by atoms with Crippen LogP contribution in [0.15, 0.2) is 0 Å². The zero-order valence-corrected chi connectivity index (χ0v) is 14.3. The van der Waals surface area contributed by atoms with E-state index in [9.17, 15) is 4.79 Å². The van der Waals surface area contributed by atoms with Gasteiger partial charge in [-0.15, -0.1) is 5.10 Å². The van der Waals surface area contributed by atoms with Crippen molar-refractivity contribution in [1.82, 2.24) is 29.9 Å². The smallest absolute Gasteiger partial charge is 0.360 e. The average Bonchev–Trinajstić information content (AvgIpc) is 3.03. The third-order valence-corrected chi connectivity index (χ3v) is 3.62. The average molecular weight is 349 g/mol. The number of hydrogen-bond acceptors (Lipinski definition) is 10. The third kappa shape index (κ3) is 3.50. The van der Waals surface area contributed by atoms with Gasteiger partial charge in [0.25, 0.3) is 5.95 Å². The monoisotopic (exact) mass is 349 g/mol. The number of ether oxygens (including phenoxy) is 3. The van der Waals surface area contributed by atoms with Crippen molar-refractivity contribution in [2.24, 2.45) is 0 Å². The van der Waals surface area contributed by atoms with E-state index in [4.69, 9.17) is 14.2 Å². The first kappa shape index (κ1) is 17.0. The number of carbonyl (C=O) groups excluding carboxylic acids is 1. The van der Waals surface area contributed by atoms with Crippen molar-refractivity contribution >= 4 is 11.9 Å². The van der Waals surface area contributed by atoms with E-state index in [0.29, 0.717) is 44.6 Å². The summed E-state index contributed by atoms with van der Waals surface area (Å²) in [7, 11) is 1.29. The van der Waals surface area contributed by atoms with Crippen molar-refractivity contribution in [1.29, 1.82) is 0 Å². The Hall–Kier alpha value is -2.82. The number of carbonyl (C=O) groups is 1. The van der Waals surface area contributed by atoms with Crippen LogP contribution >= 0.6 is 0 Å². The van der Waals surface area contributed by atoms with Gasteiger partial charge in [-0.25, -0.2) is 4.79 Å². The van der Waals surface area contributed by atoms with Crippen LogP contribution in [0.1, 0.15) is 23.1 Å². The molecule has 1 saturated heterocycles. The topological polar surface area (TPSA) is 117 Å². The molecule has 11 nitrogen and oxygen atoms in total. The minimum atomic E-state index is -0.573. The fraction of sp³-hybridized carbons (Fsp3) is 0.571. The number of hydrogen-bond donors (Lipinski definition) is 0. The van der Waals surface area contributed by atoms with Gasteiger partial charge in [0.15, 0.2) is 5.69 Å². The van der Waals surface area contributed by atoms with Gasteiger partial charge < -0.3 is 19.1 Å². The Bertz CT molecular complexity index is 758. The van der Waals surface area contributed by atoms with E-state index in [-0.39, 0.29) is 17.7 Å². The van der Waals surface area contributed by atoms with E-state index >= 15 is 0 Å². The minimum Gasteiger partial charge on any atom is -0.464 e. The van der Waals surface area contributed by atoms with Gasteiger partial charge in [-0.2, -0.15) is 19.6 Å². The Morgan fingerprint density at radius 3 is 2.60 bits per heavy atom. The summed E-state index contributed by atoms with van der Waals surface area (Å²) in [6.07, 6.45) is 0. The number of esters is 1. The van der Waals surface area contributed by atoms with E-state index < -0.39 is 5.97 Å². The Balaban J connectivity index is 2.01. The fourth-order valence-corrected chi connectivity index (χ4v) is 2.33. The Morgan fingerprint density at radius 1 is 1.20 bits per heavy atom. The first-order valence-electron chi connectivity index (χ1n) is 7.86. The molecule has 11 heteroatoms. The molecule has 0 N–H and O–H groups in total. The summed E-state index contributed by atoms with van der Waals surface area (Å²) in [5.41, 5.74) is 0.572. The molecule has 0 spiro atoms. The SMILES string of the molecule is CCOc1nc(N2CCOCC2)nc(-n2nnc(C(=O)OC)c2C)n1. The molecule has 0 saturated carbocycles. The lowest BCUT2D eigenvalue weighted by molar-refractivity contribution is 0.0593. The lowest BCUT2D eigenvalue weighted by atomic mass is 10.3. The number of rotatable bonds is 5. The number of nitrogens with zero attached hydrogens (tertiary/aromatic N) is 7. The first-order valence-corrected chi connectivity index (χ1v) is 7.86. The quantitative estimate of drug-likeness (QED) is 0.670. The molecule has 2 aromatic rings. The molecule has 1 aliphatic rings. The maximum atomic E-state index is 11.7. The normalized spacial score (nSPS) is 14.4. The third-order valence-electron chi connectivity index (χ3n) is 3.62. The summed E-state index contributed by atoms with van der Waals surface area (Å²) in [5.74, 6) is 0.114. The Morgan fingerprint density at radius 2 is 1.92 bits per heavy atom. The summed E-state index contributed by atoms with van der Waals surface area (Å²) in [6.45, 7) is 6.46. The lowest BCUT2D eigenvalue weighted by Gasteiger charge is -2.26. The summed E-state index contributed by atoms with van der Waals surface area (Å²) >= 11 is 0. The molecule has 25 heavy (non-hydrogen) atoms. The van der Waals surface area contributed by atoms with Crippen LogP contribution in [0.2, 0.25) is 0 Å². The molecule has 134 valence electrons. The van der Waals surface area contributed by atoms with Gasteiger partial charge >= 0.3 is 12.0 Å². The summed E-state index contributed by atoms with van der Waals surface area (Å²) in [5, 5.41) is 7.80. The molecule has 0 aliphatic carbocycles. The Kier molecular flexibility index (Phi) is 5.03. The largest absolute Gasteiger partial charge is 0.464 e. The molecule has 0 bridgehead atoms. The fourth-order valence-electron chi connectivity index (χ4n) is 2.33. The predicted molar refractivity (Wildman–Crippen MR) is 85.0 cm³/mol. The molecule has 1 aliphatic heterocycles. The minimum absolute atomic E-state index is 0.105. The van der Waals surface area contributed by atoms with Crippen molar-refractivity contribution in [3.8, 4) is 12.0 Å². The van der Waals surface area contributed by atoms with Crippen LogP contribution < -0.4 is 9.64 Å². The highest BCUT2D eigenvalue weighted by molar-refractivity contribution is 5.88. The molecule has 3 heterocycles. The number of anilines is 1. The molecule has 3 rings (SSSR count). The van der Waals surface area contributed by atoms with Crippen LogP contribution in [-0.4, -0.2) is 75.9 Å². The predicted octanol–water partition coefficient (Wildman–Crippen LogP) is -0.217. The van der Waals surface area contributed by atoms with Crippen LogP contribution in [0.5, 0.6) is 6.01 Å². The van der Waals surface area contributed by atoms with Crippen molar-refractivity contribution in [3.05, 3.63) is 11.4 Å². The van der Waals surface area contributed by atoms with Crippen LogP contribution in [-0.2, 0) is 9.47 Å². The van der Waals surface area contributed by atoms with Gasteiger partial charge in [0.05, 0.1) is 32.6 Å². The second-order valence-electron chi connectivity index (χ2n) is 5.18. The zero-order valence-electron chi connectivity index (χ0n) is 14.3. The van der Waals surface area contributed by atoms with Crippen molar-refractivity contribution in [3.63, 3.8) is 0 Å². The number of morpholine rings is 1. The van der Waals surface area contributed by atoms with Gasteiger partial charge in [-0.3, -0.25) is 0 Å². The van der Waals surface area contributed by atoms with Gasteiger partial charge in [-0.1, -0.05) is 5.21 Å². The molecule has 2 aromatic heterocycles. The van der Waals surface area contributed by atoms with E-state index in [1.807, 2.05) is 11.8 Å². The highest BCUT2D eigenvalue weighted by Gasteiger charge is 2.22. The number of methoxy groups -OCH3 is 1. The molecule has 0 unspecified atom stereocenters. The van der Waals surface area contributed by atoms with Gasteiger partial charge in [0.2, 0.25) is 5.95 Å². The standard InChI is InChI=1S/C14H19N7O4/c1-4-25-14-16-12(20-5-7-24-8-6-20)15-13(17-14)21-9(2)10(18-19-21)11(22)23-3/h4-8H2,1-3H3. The molecule has 1 fully saturated rings. The number of aromatic nitrogens is 6. The van der Waals surface area contributed by atoms with Crippen LogP contribution in [0.25, 0.3) is 5.95 Å². The van der Waals surface area contributed by atoms with Crippen LogP contribution in [0, 0.1) is 6.92 Å². The maximum absolute atomic E-state index is 11.7. The molecular formula is C14H19N7O4. The van der Waals surface area contributed by atoms with Crippen molar-refractivity contribution < 1.29 is 19.0 Å². The van der Waals surface area contributed by atoms with Crippen LogP contribution in [0.4, 0.5) is 5.95 Å². The zero-order chi connectivity index (χ0) is 17.8. The second-order valence-corrected chi connectivity index (χ2v) is 5.18. The van der Waals surface area contributed by atoms with E-state index in [2.05, 4.69) is 25.3 Å². The summed E-state index contributed by atoms with van der Waals surface area (Å²) in [4.78, 5) is 26.7. The summed E-state index contributed by atoms with van der Waals surface area (Å²) in [6, 6.07) is 0.184.